The lowest BCUT2D eigenvalue weighted by Crippen LogP contribution is -1.92. The predicted octanol–water partition coefficient (Wildman–Crippen LogP) is 4.20. The molecule has 4 aromatic rings. The second-order valence-electron chi connectivity index (χ2n) is 4.94. The van der Waals surface area contributed by atoms with Crippen LogP contribution in [-0.4, -0.2) is 16.3 Å². The molecule has 0 fully saturated rings. The minimum atomic E-state index is 0.733. The molecule has 1 N–H and O–H groups in total. The number of carbonyl (C=O) groups is 1. The minimum Gasteiger partial charge on any atom is -0.345 e. The van der Waals surface area contributed by atoms with Crippen molar-refractivity contribution in [2.45, 2.75) is 0 Å². The standard InChI is InChI=1S/C18H12N2O/c21-11-16-12-5-1-3-7-14(12)17(18-19-9-10-20-18)15-8-4-2-6-13(15)16/h1-11H,(H,19,20). The summed E-state index contributed by atoms with van der Waals surface area (Å²) in [4.78, 5) is 19.2. The number of carbonyl (C=O) groups excluding carboxylic acids is 1. The number of nitrogens with one attached hydrogen (secondary N) is 1. The SMILES string of the molecule is O=Cc1c2ccccc2c(-c2ncc[nH]2)c2ccccc12. The zero-order valence-corrected chi connectivity index (χ0v) is 11.2. The molecule has 0 amide bonds. The molecule has 0 aliphatic rings. The van der Waals surface area contributed by atoms with Crippen LogP contribution in [0.5, 0.6) is 0 Å². The van der Waals surface area contributed by atoms with Crippen molar-refractivity contribution in [1.82, 2.24) is 9.97 Å². The molecular formula is C18H12N2O. The molecule has 3 nitrogen and oxygen atoms in total. The normalized spacial score (nSPS) is 11.0. The third kappa shape index (κ3) is 1.68. The van der Waals surface area contributed by atoms with E-state index >= 15 is 0 Å². The molecule has 21 heavy (non-hydrogen) atoms. The average Bonchev–Trinajstić information content (AvgIpc) is 3.06. The molecule has 3 heteroatoms. The lowest BCUT2D eigenvalue weighted by Gasteiger charge is -2.12. The van der Waals surface area contributed by atoms with Gasteiger partial charge in [-0.25, -0.2) is 4.98 Å². The topological polar surface area (TPSA) is 45.8 Å². The van der Waals surface area contributed by atoms with Crippen LogP contribution in [0.3, 0.4) is 0 Å². The number of H-pyrrole nitrogens is 1. The van der Waals surface area contributed by atoms with Crippen molar-refractivity contribution in [3.63, 3.8) is 0 Å². The quantitative estimate of drug-likeness (QED) is 0.439. The summed E-state index contributed by atoms with van der Waals surface area (Å²) in [7, 11) is 0. The van der Waals surface area contributed by atoms with Crippen molar-refractivity contribution in [1.29, 1.82) is 0 Å². The Bertz CT molecular complexity index is 899. The molecule has 0 saturated carbocycles. The molecule has 0 radical (unpaired) electrons. The summed E-state index contributed by atoms with van der Waals surface area (Å²) in [6, 6.07) is 15.9. The Morgan fingerprint density at radius 1 is 0.857 bits per heavy atom. The second-order valence-corrected chi connectivity index (χ2v) is 4.94. The molecule has 1 heterocycles. The second kappa shape index (κ2) is 4.56. The summed E-state index contributed by atoms with van der Waals surface area (Å²) in [6.07, 6.45) is 4.50. The van der Waals surface area contributed by atoms with Crippen molar-refractivity contribution < 1.29 is 4.79 Å². The van der Waals surface area contributed by atoms with Crippen LogP contribution in [0.2, 0.25) is 0 Å². The fourth-order valence-corrected chi connectivity index (χ4v) is 2.95. The van der Waals surface area contributed by atoms with E-state index in [4.69, 9.17) is 0 Å². The third-order valence-corrected chi connectivity index (χ3v) is 3.83. The summed E-state index contributed by atoms with van der Waals surface area (Å²) >= 11 is 0. The number of hydrogen-bond donors (Lipinski definition) is 1. The first-order valence-corrected chi connectivity index (χ1v) is 6.78. The van der Waals surface area contributed by atoms with Crippen molar-refractivity contribution >= 4 is 27.8 Å². The van der Waals surface area contributed by atoms with Gasteiger partial charge in [-0.05, 0) is 21.5 Å². The molecule has 1 aromatic heterocycles. The lowest BCUT2D eigenvalue weighted by atomic mass is 9.92. The van der Waals surface area contributed by atoms with E-state index in [1.807, 2.05) is 54.7 Å². The van der Waals surface area contributed by atoms with Gasteiger partial charge in [0.15, 0.2) is 6.29 Å². The maximum absolute atomic E-state index is 11.6. The molecule has 0 unspecified atom stereocenters. The summed E-state index contributed by atoms with van der Waals surface area (Å²) in [5.74, 6) is 0.819. The Labute approximate surface area is 121 Å². The van der Waals surface area contributed by atoms with Crippen LogP contribution in [0.1, 0.15) is 10.4 Å². The lowest BCUT2D eigenvalue weighted by molar-refractivity contribution is 0.112. The van der Waals surface area contributed by atoms with Crippen LogP contribution >= 0.6 is 0 Å². The van der Waals surface area contributed by atoms with Crippen LogP contribution in [0.25, 0.3) is 32.9 Å². The van der Waals surface area contributed by atoms with Crippen molar-refractivity contribution in [2.24, 2.45) is 0 Å². The number of imidazole rings is 1. The number of aldehydes is 1. The van der Waals surface area contributed by atoms with Crippen LogP contribution < -0.4 is 0 Å². The smallest absolute Gasteiger partial charge is 0.151 e. The minimum absolute atomic E-state index is 0.733. The number of rotatable bonds is 2. The largest absolute Gasteiger partial charge is 0.345 e. The highest BCUT2D eigenvalue weighted by Crippen LogP contribution is 2.36. The molecule has 0 aliphatic carbocycles. The fraction of sp³-hybridized carbons (Fsp3) is 0. The van der Waals surface area contributed by atoms with Gasteiger partial charge in [0.25, 0.3) is 0 Å². The average molecular weight is 272 g/mol. The maximum Gasteiger partial charge on any atom is 0.151 e. The molecule has 0 aliphatic heterocycles. The van der Waals surface area contributed by atoms with Crippen LogP contribution in [0.4, 0.5) is 0 Å². The molecule has 100 valence electrons. The van der Waals surface area contributed by atoms with Gasteiger partial charge in [0.05, 0.1) is 0 Å². The summed E-state index contributed by atoms with van der Waals surface area (Å²) < 4.78 is 0. The summed E-state index contributed by atoms with van der Waals surface area (Å²) in [5, 5.41) is 3.98. The van der Waals surface area contributed by atoms with E-state index in [9.17, 15) is 4.79 Å². The highest BCUT2D eigenvalue weighted by molar-refractivity contribution is 6.19. The van der Waals surface area contributed by atoms with Gasteiger partial charge in [0.2, 0.25) is 0 Å². The summed E-state index contributed by atoms with van der Waals surface area (Å²) in [6.45, 7) is 0. The third-order valence-electron chi connectivity index (χ3n) is 3.83. The first-order chi connectivity index (χ1) is 10.4. The van der Waals surface area contributed by atoms with E-state index < -0.39 is 0 Å². The first-order valence-electron chi connectivity index (χ1n) is 6.78. The molecule has 0 spiro atoms. The van der Waals surface area contributed by atoms with E-state index in [1.54, 1.807) is 6.20 Å². The maximum atomic E-state index is 11.6. The predicted molar refractivity (Wildman–Crippen MR) is 84.4 cm³/mol. The Morgan fingerprint density at radius 2 is 1.43 bits per heavy atom. The van der Waals surface area contributed by atoms with Gasteiger partial charge < -0.3 is 4.98 Å². The molecule has 0 bridgehead atoms. The number of hydrogen-bond acceptors (Lipinski definition) is 2. The monoisotopic (exact) mass is 272 g/mol. The number of aromatic nitrogens is 2. The number of fused-ring (bicyclic) bond motifs is 2. The van der Waals surface area contributed by atoms with Gasteiger partial charge >= 0.3 is 0 Å². The Kier molecular flexibility index (Phi) is 2.57. The molecule has 3 aromatic carbocycles. The molecule has 0 saturated heterocycles. The Morgan fingerprint density at radius 3 is 1.90 bits per heavy atom. The van der Waals surface area contributed by atoms with Gasteiger partial charge in [-0.2, -0.15) is 0 Å². The number of nitrogens with zero attached hydrogens (tertiary/aromatic N) is 1. The van der Waals surface area contributed by atoms with Gasteiger partial charge in [-0.1, -0.05) is 48.5 Å². The zero-order chi connectivity index (χ0) is 14.2. The van der Waals surface area contributed by atoms with Crippen molar-refractivity contribution in [3.05, 3.63) is 66.5 Å². The van der Waals surface area contributed by atoms with E-state index in [1.165, 1.54) is 0 Å². The van der Waals surface area contributed by atoms with Gasteiger partial charge in [-0.3, -0.25) is 4.79 Å². The van der Waals surface area contributed by atoms with Gasteiger partial charge in [-0.15, -0.1) is 0 Å². The van der Waals surface area contributed by atoms with E-state index in [2.05, 4.69) is 9.97 Å². The van der Waals surface area contributed by atoms with Crippen molar-refractivity contribution in [3.8, 4) is 11.4 Å². The van der Waals surface area contributed by atoms with E-state index in [0.717, 1.165) is 44.8 Å². The molecule has 0 atom stereocenters. The van der Waals surface area contributed by atoms with Crippen LogP contribution in [0.15, 0.2) is 60.9 Å². The van der Waals surface area contributed by atoms with E-state index in [-0.39, 0.29) is 0 Å². The van der Waals surface area contributed by atoms with Crippen molar-refractivity contribution in [2.75, 3.05) is 0 Å². The Balaban J connectivity index is 2.32. The number of aromatic amines is 1. The number of benzene rings is 3. The molecular weight excluding hydrogens is 260 g/mol. The summed E-state index contributed by atoms with van der Waals surface area (Å²) in [5.41, 5.74) is 1.77. The van der Waals surface area contributed by atoms with Crippen LogP contribution in [-0.2, 0) is 0 Å². The fourth-order valence-electron chi connectivity index (χ4n) is 2.95. The van der Waals surface area contributed by atoms with Gasteiger partial charge in [0, 0.05) is 23.5 Å². The zero-order valence-electron chi connectivity index (χ0n) is 11.2. The molecule has 4 rings (SSSR count). The van der Waals surface area contributed by atoms with Gasteiger partial charge in [0.1, 0.15) is 5.82 Å². The highest BCUT2D eigenvalue weighted by Gasteiger charge is 2.15. The first kappa shape index (κ1) is 11.9. The van der Waals surface area contributed by atoms with E-state index in [0.29, 0.717) is 0 Å². The highest BCUT2D eigenvalue weighted by atomic mass is 16.1. The Hall–Kier alpha value is -2.94. The van der Waals surface area contributed by atoms with Crippen LogP contribution in [0, 0.1) is 0 Å².